The van der Waals surface area contributed by atoms with Crippen LogP contribution in [-0.4, -0.2) is 18.4 Å². The lowest BCUT2D eigenvalue weighted by Gasteiger charge is -2.13. The van der Waals surface area contributed by atoms with E-state index in [-0.39, 0.29) is 15.8 Å². The van der Waals surface area contributed by atoms with E-state index in [1.165, 1.54) is 6.21 Å². The van der Waals surface area contributed by atoms with Gasteiger partial charge in [-0.2, -0.15) is 18.3 Å². The van der Waals surface area contributed by atoms with E-state index in [1.807, 2.05) is 30.3 Å². The first kappa shape index (κ1) is 24.3. The van der Waals surface area contributed by atoms with Gasteiger partial charge >= 0.3 is 6.18 Å². The van der Waals surface area contributed by atoms with E-state index < -0.39 is 11.7 Å². The number of hydrogen-bond donors (Lipinski definition) is 2. The molecule has 0 fully saturated rings. The highest BCUT2D eigenvalue weighted by Crippen LogP contribution is 2.33. The molecule has 0 saturated carbocycles. The van der Waals surface area contributed by atoms with E-state index in [2.05, 4.69) is 15.8 Å². The van der Waals surface area contributed by atoms with E-state index in [0.717, 1.165) is 23.8 Å². The molecule has 2 N–H and O–H groups in total. The largest absolute Gasteiger partial charge is 0.493 e. The van der Waals surface area contributed by atoms with E-state index in [1.54, 1.807) is 25.3 Å². The minimum absolute atomic E-state index is 0.0141. The average molecular weight is 494 g/mol. The topological polar surface area (TPSA) is 54.9 Å². The second-order valence-electron chi connectivity index (χ2n) is 6.70. The summed E-state index contributed by atoms with van der Waals surface area (Å²) in [5, 5.41) is 6.68. The number of thiocarbonyl (C=S) groups is 1. The molecule has 0 aromatic heterocycles. The van der Waals surface area contributed by atoms with E-state index in [4.69, 9.17) is 33.3 Å². The molecule has 0 aliphatic carbocycles. The van der Waals surface area contributed by atoms with Crippen LogP contribution in [-0.2, 0) is 12.8 Å². The summed E-state index contributed by atoms with van der Waals surface area (Å²) in [6, 6.07) is 17.8. The SMILES string of the molecule is COc1ccc(C=NNC(=S)Nc2cc(C(F)(F)F)ccc2Cl)cc1OCc1ccccc1. The van der Waals surface area contributed by atoms with Crippen molar-refractivity contribution < 1.29 is 22.6 Å². The van der Waals surface area contributed by atoms with Crippen molar-refractivity contribution in [3.05, 3.63) is 88.4 Å². The Morgan fingerprint density at radius 3 is 2.52 bits per heavy atom. The molecular weight excluding hydrogens is 475 g/mol. The first-order valence-corrected chi connectivity index (χ1v) is 10.4. The Balaban J connectivity index is 1.63. The lowest BCUT2D eigenvalue weighted by molar-refractivity contribution is -0.137. The summed E-state index contributed by atoms with van der Waals surface area (Å²) in [6.07, 6.45) is -3.01. The van der Waals surface area contributed by atoms with E-state index in [9.17, 15) is 13.2 Å². The van der Waals surface area contributed by atoms with Crippen LogP contribution in [0.3, 0.4) is 0 Å². The summed E-state index contributed by atoms with van der Waals surface area (Å²) in [5.41, 5.74) is 3.41. The molecule has 0 radical (unpaired) electrons. The summed E-state index contributed by atoms with van der Waals surface area (Å²) in [5.74, 6) is 1.09. The van der Waals surface area contributed by atoms with Crippen LogP contribution in [0.15, 0.2) is 71.8 Å². The number of methoxy groups -OCH3 is 1. The summed E-state index contributed by atoms with van der Waals surface area (Å²) in [4.78, 5) is 0. The van der Waals surface area contributed by atoms with Crippen LogP contribution in [0, 0.1) is 0 Å². The van der Waals surface area contributed by atoms with Crippen LogP contribution in [0.1, 0.15) is 16.7 Å². The predicted octanol–water partition coefficient (Wildman–Crippen LogP) is 6.27. The molecule has 10 heteroatoms. The zero-order valence-corrected chi connectivity index (χ0v) is 18.9. The van der Waals surface area contributed by atoms with Crippen LogP contribution in [0.4, 0.5) is 18.9 Å². The molecular formula is C23H19ClF3N3O2S. The Morgan fingerprint density at radius 2 is 1.82 bits per heavy atom. The fraction of sp³-hybridized carbons (Fsp3) is 0.130. The minimum Gasteiger partial charge on any atom is -0.493 e. The van der Waals surface area contributed by atoms with Gasteiger partial charge in [0.25, 0.3) is 0 Å². The molecule has 3 aromatic rings. The normalized spacial score (nSPS) is 11.3. The molecule has 5 nitrogen and oxygen atoms in total. The molecule has 0 bridgehead atoms. The van der Waals surface area contributed by atoms with Gasteiger partial charge in [-0.3, -0.25) is 5.43 Å². The number of rotatable bonds is 7. The molecule has 0 atom stereocenters. The minimum atomic E-state index is -4.50. The molecule has 0 amide bonds. The van der Waals surface area contributed by atoms with Crippen LogP contribution in [0.5, 0.6) is 11.5 Å². The maximum atomic E-state index is 12.9. The van der Waals surface area contributed by atoms with Gasteiger partial charge in [-0.25, -0.2) is 0 Å². The van der Waals surface area contributed by atoms with Gasteiger partial charge in [0.2, 0.25) is 0 Å². The maximum absolute atomic E-state index is 12.9. The summed E-state index contributed by atoms with van der Waals surface area (Å²) < 4.78 is 49.9. The van der Waals surface area contributed by atoms with Gasteiger partial charge in [0.15, 0.2) is 16.6 Å². The fourth-order valence-corrected chi connectivity index (χ4v) is 3.06. The Hall–Kier alpha value is -3.30. The van der Waals surface area contributed by atoms with Gasteiger partial charge in [-0.1, -0.05) is 41.9 Å². The highest BCUT2D eigenvalue weighted by Gasteiger charge is 2.31. The van der Waals surface area contributed by atoms with Gasteiger partial charge in [-0.05, 0) is 59.7 Å². The third-order valence-corrected chi connectivity index (χ3v) is 4.87. The van der Waals surface area contributed by atoms with Crippen LogP contribution in [0.2, 0.25) is 5.02 Å². The molecule has 33 heavy (non-hydrogen) atoms. The maximum Gasteiger partial charge on any atom is 0.416 e. The van der Waals surface area contributed by atoms with Gasteiger partial charge < -0.3 is 14.8 Å². The number of ether oxygens (including phenoxy) is 2. The molecule has 0 aliphatic rings. The molecule has 172 valence electrons. The Labute approximate surface area is 199 Å². The summed E-state index contributed by atoms with van der Waals surface area (Å²) >= 11 is 11.0. The molecule has 0 saturated heterocycles. The van der Waals surface area contributed by atoms with Crippen LogP contribution < -0.4 is 20.2 Å². The smallest absolute Gasteiger partial charge is 0.416 e. The first-order chi connectivity index (χ1) is 15.8. The number of nitrogens with one attached hydrogen (secondary N) is 2. The van der Waals surface area contributed by atoms with Crippen molar-refractivity contribution in [1.29, 1.82) is 0 Å². The second kappa shape index (κ2) is 11.0. The summed E-state index contributed by atoms with van der Waals surface area (Å²) in [7, 11) is 1.54. The molecule has 0 spiro atoms. The Morgan fingerprint density at radius 1 is 1.06 bits per heavy atom. The zero-order valence-electron chi connectivity index (χ0n) is 17.3. The second-order valence-corrected chi connectivity index (χ2v) is 7.52. The predicted molar refractivity (Wildman–Crippen MR) is 127 cm³/mol. The molecule has 3 aromatic carbocycles. The average Bonchev–Trinajstić information content (AvgIpc) is 2.79. The molecule has 0 aliphatic heterocycles. The van der Waals surface area contributed by atoms with Crippen LogP contribution in [0.25, 0.3) is 0 Å². The fourth-order valence-electron chi connectivity index (χ4n) is 2.73. The Kier molecular flexibility index (Phi) is 8.13. The first-order valence-electron chi connectivity index (χ1n) is 9.58. The van der Waals surface area contributed by atoms with Gasteiger partial charge in [0, 0.05) is 0 Å². The van der Waals surface area contributed by atoms with Crippen molar-refractivity contribution in [3.63, 3.8) is 0 Å². The standard InChI is InChI=1S/C23H19ClF3N3O2S/c1-31-20-10-7-16(11-21(20)32-14-15-5-3-2-4-6-15)13-28-30-22(33)29-19-12-17(23(25,26)27)8-9-18(19)24/h2-13H,14H2,1H3,(H2,29,30,33). The highest BCUT2D eigenvalue weighted by atomic mass is 35.5. The van der Waals surface area contributed by atoms with Gasteiger partial charge in [0.05, 0.1) is 29.6 Å². The van der Waals surface area contributed by atoms with Crippen molar-refractivity contribution >= 4 is 40.8 Å². The number of halogens is 4. The molecule has 3 rings (SSSR count). The zero-order chi connectivity index (χ0) is 23.8. The number of benzene rings is 3. The van der Waals surface area contributed by atoms with Crippen molar-refractivity contribution in [3.8, 4) is 11.5 Å². The number of hydrazone groups is 1. The van der Waals surface area contributed by atoms with Crippen molar-refractivity contribution in [2.75, 3.05) is 12.4 Å². The molecule has 0 unspecified atom stereocenters. The third kappa shape index (κ3) is 7.10. The van der Waals surface area contributed by atoms with Crippen molar-refractivity contribution in [2.24, 2.45) is 5.10 Å². The molecule has 0 heterocycles. The van der Waals surface area contributed by atoms with E-state index >= 15 is 0 Å². The number of alkyl halides is 3. The number of hydrogen-bond acceptors (Lipinski definition) is 4. The third-order valence-electron chi connectivity index (χ3n) is 4.35. The monoisotopic (exact) mass is 493 g/mol. The number of nitrogens with zero attached hydrogens (tertiary/aromatic N) is 1. The van der Waals surface area contributed by atoms with Crippen LogP contribution >= 0.6 is 23.8 Å². The van der Waals surface area contributed by atoms with Gasteiger partial charge in [-0.15, -0.1) is 0 Å². The van der Waals surface area contributed by atoms with E-state index in [0.29, 0.717) is 23.7 Å². The van der Waals surface area contributed by atoms with Crippen molar-refractivity contribution in [1.82, 2.24) is 5.43 Å². The quantitative estimate of drug-likeness (QED) is 0.231. The Bertz CT molecular complexity index is 1140. The van der Waals surface area contributed by atoms with Gasteiger partial charge in [0.1, 0.15) is 6.61 Å². The highest BCUT2D eigenvalue weighted by molar-refractivity contribution is 7.80. The lowest BCUT2D eigenvalue weighted by atomic mass is 10.2. The number of anilines is 1. The summed E-state index contributed by atoms with van der Waals surface area (Å²) in [6.45, 7) is 0.363. The lowest BCUT2D eigenvalue weighted by Crippen LogP contribution is -2.24. The van der Waals surface area contributed by atoms with Crippen molar-refractivity contribution in [2.45, 2.75) is 12.8 Å².